The maximum atomic E-state index is 6.16. The van der Waals surface area contributed by atoms with Crippen LogP contribution in [-0.2, 0) is 0 Å². The average molecular weight is 437 g/mol. The van der Waals surface area contributed by atoms with E-state index in [0.29, 0.717) is 5.92 Å². The molecular formula is C29H44N2O. The van der Waals surface area contributed by atoms with Gasteiger partial charge in [-0.05, 0) is 61.6 Å². The molecule has 2 rings (SSSR count). The molecule has 0 atom stereocenters. The minimum Gasteiger partial charge on any atom is -0.493 e. The van der Waals surface area contributed by atoms with Crippen molar-refractivity contribution in [2.75, 3.05) is 6.61 Å². The van der Waals surface area contributed by atoms with E-state index in [1.54, 1.807) is 0 Å². The van der Waals surface area contributed by atoms with Gasteiger partial charge in [0.2, 0.25) is 0 Å². The molecule has 0 aliphatic heterocycles. The molecule has 3 nitrogen and oxygen atoms in total. The summed E-state index contributed by atoms with van der Waals surface area (Å²) in [4.78, 5) is 0. The van der Waals surface area contributed by atoms with Gasteiger partial charge in [0.25, 0.3) is 0 Å². The molecule has 3 heteroatoms. The van der Waals surface area contributed by atoms with Gasteiger partial charge < -0.3 is 4.74 Å². The minimum atomic E-state index is 0.363. The Morgan fingerprint density at radius 1 is 0.750 bits per heavy atom. The van der Waals surface area contributed by atoms with Gasteiger partial charge in [-0.15, -0.1) is 0 Å². The lowest BCUT2D eigenvalue weighted by Crippen LogP contribution is -2.00. The van der Waals surface area contributed by atoms with Gasteiger partial charge in [-0.25, -0.2) is 0 Å². The molecule has 0 fully saturated rings. The Kier molecular flexibility index (Phi) is 12.1. The summed E-state index contributed by atoms with van der Waals surface area (Å²) in [6, 6.07) is 12.4. The number of ether oxygens (including phenoxy) is 1. The quantitative estimate of drug-likeness (QED) is 0.202. The van der Waals surface area contributed by atoms with Crippen LogP contribution in [-0.4, -0.2) is 6.61 Å². The first kappa shape index (κ1) is 26.1. The number of rotatable bonds is 15. The molecule has 0 heterocycles. The Bertz CT molecular complexity index is 809. The molecule has 32 heavy (non-hydrogen) atoms. The van der Waals surface area contributed by atoms with E-state index in [1.807, 2.05) is 12.1 Å². The van der Waals surface area contributed by atoms with Gasteiger partial charge in [-0.1, -0.05) is 96.3 Å². The summed E-state index contributed by atoms with van der Waals surface area (Å²) in [7, 11) is 0. The highest BCUT2D eigenvalue weighted by Gasteiger charge is 2.12. The van der Waals surface area contributed by atoms with Crippen LogP contribution in [0.4, 0.5) is 11.4 Å². The normalized spacial score (nSPS) is 11.6. The van der Waals surface area contributed by atoms with Gasteiger partial charge in [-0.2, -0.15) is 10.2 Å². The number of benzene rings is 2. The maximum Gasteiger partial charge on any atom is 0.122 e. The third-order valence-corrected chi connectivity index (χ3v) is 6.01. The Morgan fingerprint density at radius 3 is 1.94 bits per heavy atom. The predicted octanol–water partition coefficient (Wildman–Crippen LogP) is 10.1. The summed E-state index contributed by atoms with van der Waals surface area (Å²) >= 11 is 0. The third-order valence-electron chi connectivity index (χ3n) is 6.01. The zero-order valence-corrected chi connectivity index (χ0v) is 21.1. The van der Waals surface area contributed by atoms with E-state index in [2.05, 4.69) is 69.1 Å². The summed E-state index contributed by atoms with van der Waals surface area (Å²) in [5.41, 5.74) is 5.35. The second-order valence-corrected chi connectivity index (χ2v) is 9.40. The first-order chi connectivity index (χ1) is 15.5. The van der Waals surface area contributed by atoms with E-state index in [9.17, 15) is 0 Å². The first-order valence-electron chi connectivity index (χ1n) is 12.8. The van der Waals surface area contributed by atoms with E-state index in [-0.39, 0.29) is 0 Å². The largest absolute Gasteiger partial charge is 0.493 e. The van der Waals surface area contributed by atoms with Gasteiger partial charge in [0.05, 0.1) is 18.0 Å². The van der Waals surface area contributed by atoms with E-state index in [1.165, 1.54) is 68.9 Å². The van der Waals surface area contributed by atoms with Crippen molar-refractivity contribution in [3.05, 3.63) is 53.1 Å². The van der Waals surface area contributed by atoms with Crippen LogP contribution in [0.1, 0.15) is 108 Å². The maximum absolute atomic E-state index is 6.16. The molecule has 0 aromatic heterocycles. The molecule has 0 bridgehead atoms. The third kappa shape index (κ3) is 9.54. The van der Waals surface area contributed by atoms with Crippen LogP contribution in [0.3, 0.4) is 0 Å². The number of azo groups is 1. The Balaban J connectivity index is 1.81. The number of hydrogen-bond acceptors (Lipinski definition) is 3. The molecule has 0 radical (unpaired) electrons. The van der Waals surface area contributed by atoms with E-state index in [0.717, 1.165) is 35.7 Å². The zero-order chi connectivity index (χ0) is 23.2. The van der Waals surface area contributed by atoms with Crippen LogP contribution < -0.4 is 4.74 Å². The van der Waals surface area contributed by atoms with Crippen LogP contribution in [0.25, 0.3) is 0 Å². The summed E-state index contributed by atoms with van der Waals surface area (Å²) in [6.45, 7) is 11.6. The first-order valence-corrected chi connectivity index (χ1v) is 12.8. The summed E-state index contributed by atoms with van der Waals surface area (Å²) < 4.78 is 6.16. The van der Waals surface area contributed by atoms with Crippen molar-refractivity contribution in [3.63, 3.8) is 0 Å². The topological polar surface area (TPSA) is 34.0 Å². The number of unbranched alkanes of at least 4 members (excludes halogenated alkanes) is 9. The molecule has 176 valence electrons. The molecule has 0 unspecified atom stereocenters. The molecule has 0 amide bonds. The van der Waals surface area contributed by atoms with Gasteiger partial charge in [0, 0.05) is 0 Å². The van der Waals surface area contributed by atoms with Gasteiger partial charge in [0.1, 0.15) is 5.75 Å². The highest BCUT2D eigenvalue weighted by molar-refractivity contribution is 5.55. The molecular weight excluding hydrogens is 392 g/mol. The number of hydrogen-bond donors (Lipinski definition) is 0. The molecule has 0 aliphatic carbocycles. The average Bonchev–Trinajstić information content (AvgIpc) is 2.78. The second kappa shape index (κ2) is 14.8. The molecule has 0 N–H and O–H groups in total. The van der Waals surface area contributed by atoms with E-state index in [4.69, 9.17) is 4.74 Å². The summed E-state index contributed by atoms with van der Waals surface area (Å²) in [5, 5.41) is 9.01. The smallest absolute Gasteiger partial charge is 0.122 e. The Labute approximate surface area is 196 Å². The minimum absolute atomic E-state index is 0.363. The molecule has 0 saturated heterocycles. The molecule has 0 spiro atoms. The van der Waals surface area contributed by atoms with Gasteiger partial charge in [0.15, 0.2) is 0 Å². The van der Waals surface area contributed by atoms with E-state index < -0.39 is 0 Å². The van der Waals surface area contributed by atoms with Crippen LogP contribution in [0.2, 0.25) is 0 Å². The molecule has 2 aromatic rings. The summed E-state index contributed by atoms with van der Waals surface area (Å²) in [5.74, 6) is 1.35. The molecule has 2 aromatic carbocycles. The number of aryl methyl sites for hydroxylation is 2. The van der Waals surface area contributed by atoms with Crippen LogP contribution >= 0.6 is 0 Å². The van der Waals surface area contributed by atoms with Crippen molar-refractivity contribution >= 4 is 11.4 Å². The van der Waals surface area contributed by atoms with Crippen molar-refractivity contribution in [1.82, 2.24) is 0 Å². The Hall–Kier alpha value is -2.16. The molecule has 0 aliphatic rings. The highest BCUT2D eigenvalue weighted by Crippen LogP contribution is 2.34. The van der Waals surface area contributed by atoms with Gasteiger partial charge in [-0.3, -0.25) is 0 Å². The fourth-order valence-corrected chi connectivity index (χ4v) is 3.89. The van der Waals surface area contributed by atoms with Crippen molar-refractivity contribution in [2.45, 2.75) is 105 Å². The number of nitrogens with zero attached hydrogens (tertiary/aromatic N) is 2. The fraction of sp³-hybridized carbons (Fsp3) is 0.586. The second-order valence-electron chi connectivity index (χ2n) is 9.40. The highest BCUT2D eigenvalue weighted by atomic mass is 16.5. The lowest BCUT2D eigenvalue weighted by molar-refractivity contribution is 0.302. The lowest BCUT2D eigenvalue weighted by Gasteiger charge is -2.15. The van der Waals surface area contributed by atoms with Gasteiger partial charge >= 0.3 is 0 Å². The van der Waals surface area contributed by atoms with Crippen LogP contribution in [0, 0.1) is 13.8 Å². The van der Waals surface area contributed by atoms with Crippen molar-refractivity contribution in [3.8, 4) is 5.75 Å². The van der Waals surface area contributed by atoms with Crippen LogP contribution in [0.15, 0.2) is 46.6 Å². The van der Waals surface area contributed by atoms with E-state index >= 15 is 0 Å². The van der Waals surface area contributed by atoms with Crippen molar-refractivity contribution < 1.29 is 4.74 Å². The predicted molar refractivity (Wildman–Crippen MR) is 138 cm³/mol. The van der Waals surface area contributed by atoms with Crippen molar-refractivity contribution in [1.29, 1.82) is 0 Å². The summed E-state index contributed by atoms with van der Waals surface area (Å²) in [6.07, 6.45) is 13.4. The molecule has 0 saturated carbocycles. The standard InChI is InChI=1S/C29H44N2O/c1-6-7-8-9-10-11-12-13-14-15-20-32-29-22-27(23(2)3)28(21-25(29)5)31-30-26-18-16-24(4)17-19-26/h16-19,21-23H,6-15,20H2,1-5H3. The van der Waals surface area contributed by atoms with Crippen LogP contribution in [0.5, 0.6) is 5.75 Å². The monoisotopic (exact) mass is 436 g/mol. The Morgan fingerprint density at radius 2 is 1.34 bits per heavy atom. The lowest BCUT2D eigenvalue weighted by atomic mass is 9.99. The zero-order valence-electron chi connectivity index (χ0n) is 21.1. The van der Waals surface area contributed by atoms with Crippen molar-refractivity contribution in [2.24, 2.45) is 10.2 Å². The fourth-order valence-electron chi connectivity index (χ4n) is 3.89. The SMILES string of the molecule is CCCCCCCCCCCCOc1cc(C(C)C)c(N=Nc2ccc(C)cc2)cc1C.